The van der Waals surface area contributed by atoms with Crippen molar-refractivity contribution in [1.82, 2.24) is 44.4 Å². The number of rotatable bonds is 10. The monoisotopic (exact) mass is 955 g/mol. The highest BCUT2D eigenvalue weighted by atomic mass is 32.1. The lowest BCUT2D eigenvalue weighted by molar-refractivity contribution is 0.0936. The second kappa shape index (κ2) is 20.0. The van der Waals surface area contributed by atoms with Gasteiger partial charge in [-0.1, -0.05) is 24.3 Å². The highest BCUT2D eigenvalue weighted by molar-refractivity contribution is 7.16. The van der Waals surface area contributed by atoms with Crippen LogP contribution in [0.3, 0.4) is 0 Å². The summed E-state index contributed by atoms with van der Waals surface area (Å²) in [7, 11) is 5.98. The zero-order chi connectivity index (χ0) is 48.2. The van der Waals surface area contributed by atoms with Gasteiger partial charge in [-0.3, -0.25) is 29.8 Å². The van der Waals surface area contributed by atoms with Crippen molar-refractivity contribution in [2.24, 2.45) is 7.05 Å². The number of pyridine rings is 1. The molecular formula is C50H45N13O4S2. The van der Waals surface area contributed by atoms with E-state index >= 15 is 0 Å². The number of imidazole rings is 1. The maximum absolute atomic E-state index is 12.9. The molecule has 0 atom stereocenters. The number of anilines is 2. The molecule has 10 rings (SSSR count). The van der Waals surface area contributed by atoms with Gasteiger partial charge in [-0.05, 0) is 85.9 Å². The lowest BCUT2D eigenvalue weighted by atomic mass is 10.1. The molecule has 0 fully saturated rings. The number of nitrogens with one attached hydrogen (secondary N) is 4. The van der Waals surface area contributed by atoms with E-state index in [0.29, 0.717) is 43.9 Å². The van der Waals surface area contributed by atoms with Gasteiger partial charge in [0.2, 0.25) is 0 Å². The fraction of sp³-hybridized carbons (Fsp3) is 0.220. The molecule has 0 radical (unpaired) electrons. The van der Waals surface area contributed by atoms with E-state index < -0.39 is 0 Å². The first-order valence-electron chi connectivity index (χ1n) is 22.0. The first-order chi connectivity index (χ1) is 33.4. The highest BCUT2D eigenvalue weighted by Crippen LogP contribution is 2.30. The van der Waals surface area contributed by atoms with E-state index in [2.05, 4.69) is 72.3 Å². The Labute approximate surface area is 404 Å². The van der Waals surface area contributed by atoms with E-state index in [1.54, 1.807) is 88.1 Å². The topological polar surface area (TPSA) is 218 Å². The van der Waals surface area contributed by atoms with E-state index in [1.165, 1.54) is 32.4 Å². The Bertz CT molecular complexity index is 3390. The predicted octanol–water partition coefficient (Wildman–Crippen LogP) is 6.51. The summed E-state index contributed by atoms with van der Waals surface area (Å²) >= 11 is 3.03. The summed E-state index contributed by atoms with van der Waals surface area (Å²) in [5, 5.41) is 31.8. The molecule has 3 aromatic carbocycles. The molecule has 0 spiro atoms. The summed E-state index contributed by atoms with van der Waals surface area (Å²) in [6, 6.07) is 29.0. The zero-order valence-electron chi connectivity index (χ0n) is 37.9. The smallest absolute Gasteiger partial charge is 0.271 e. The Morgan fingerprint density at radius 3 is 1.78 bits per heavy atom. The van der Waals surface area contributed by atoms with Gasteiger partial charge < -0.3 is 29.4 Å². The largest absolute Gasteiger partial charge is 0.347 e. The molecule has 4 amide bonds. The number of carbonyl (C=O) groups excluding carboxylic acids is 4. The summed E-state index contributed by atoms with van der Waals surface area (Å²) in [6.07, 6.45) is 4.99. The molecule has 0 saturated heterocycles. The molecule has 346 valence electrons. The predicted molar refractivity (Wildman–Crippen MR) is 263 cm³/mol. The molecule has 0 unspecified atom stereocenters. The van der Waals surface area contributed by atoms with Crippen LogP contribution in [-0.2, 0) is 46.1 Å². The summed E-state index contributed by atoms with van der Waals surface area (Å²) in [4.78, 5) is 71.4. The van der Waals surface area contributed by atoms with Crippen molar-refractivity contribution in [3.05, 3.63) is 163 Å². The van der Waals surface area contributed by atoms with Gasteiger partial charge >= 0.3 is 0 Å². The molecule has 0 saturated carbocycles. The van der Waals surface area contributed by atoms with Gasteiger partial charge in [0.25, 0.3) is 23.6 Å². The standard InChI is InChI=1S/C26H24N6O2S.C24H21N7O2S/c1-31-9-8-20-23(15-31)35-26(29-20)30-24(33)18-5-3-4-17(11-18)14-28-25(34)22-12-19-10-16(13-27)6-7-21(19)32(22)2;1-30-8-7-18-20(14-30)34-24(28-18)29-22(32)17-4-2-3-15(9-17)11-26-23(33)19-13-31-12-16(10-25)5-6-21(31)27-19/h3-7,10-12H,8-9,14-15H2,1-2H3,(H,28,34)(H,29,30,33);2-6,9,12-13H,7-8,11,14H2,1H3,(H,26,33)(H,28,29,32). The van der Waals surface area contributed by atoms with E-state index in [4.69, 9.17) is 10.5 Å². The van der Waals surface area contributed by atoms with Crippen LogP contribution < -0.4 is 21.3 Å². The second-order valence-electron chi connectivity index (χ2n) is 16.8. The number of aromatic nitrogens is 5. The van der Waals surface area contributed by atoms with Gasteiger partial charge in [0.15, 0.2) is 10.3 Å². The molecule has 0 bridgehead atoms. The second-order valence-corrected chi connectivity index (χ2v) is 19.0. The molecule has 17 nitrogen and oxygen atoms in total. The third-order valence-electron chi connectivity index (χ3n) is 11.8. The fourth-order valence-electron chi connectivity index (χ4n) is 8.09. The van der Waals surface area contributed by atoms with Gasteiger partial charge in [0.1, 0.15) is 23.1 Å². The number of benzene rings is 3. The van der Waals surface area contributed by atoms with Crippen molar-refractivity contribution in [3.63, 3.8) is 0 Å². The third-order valence-corrected chi connectivity index (χ3v) is 13.8. The lowest BCUT2D eigenvalue weighted by Gasteiger charge is -2.20. The number of carbonyl (C=O) groups is 4. The number of nitrogens with zero attached hydrogens (tertiary/aromatic N) is 9. The average molecular weight is 956 g/mol. The summed E-state index contributed by atoms with van der Waals surface area (Å²) in [6.45, 7) is 4.17. The number of amides is 4. The van der Waals surface area contributed by atoms with Crippen molar-refractivity contribution >= 4 is 73.1 Å². The number of likely N-dealkylation sites (N-methyl/N-ethyl adjacent to an activating group) is 2. The van der Waals surface area contributed by atoms with Gasteiger partial charge in [-0.15, -0.1) is 22.7 Å². The van der Waals surface area contributed by atoms with E-state index in [-0.39, 0.29) is 42.4 Å². The normalized spacial score (nSPS) is 13.3. The zero-order valence-corrected chi connectivity index (χ0v) is 39.5. The molecule has 5 aromatic heterocycles. The highest BCUT2D eigenvalue weighted by Gasteiger charge is 2.22. The molecule has 8 aromatic rings. The molecule has 69 heavy (non-hydrogen) atoms. The Kier molecular flexibility index (Phi) is 13.4. The SMILES string of the molecule is CN1CCc2nc(NC(=O)c3cccc(CNC(=O)c4cc5cc(C#N)ccc5n4C)c3)sc2C1.CN1CCc2nc(NC(=O)c3cccc(CNC(=O)c4cn5cc(C#N)ccc5n4)c3)sc2C1. The Morgan fingerprint density at radius 2 is 1.20 bits per heavy atom. The maximum Gasteiger partial charge on any atom is 0.271 e. The Morgan fingerprint density at radius 1 is 0.638 bits per heavy atom. The molecular weight excluding hydrogens is 911 g/mol. The Balaban J connectivity index is 0.000000172. The van der Waals surface area contributed by atoms with E-state index in [1.807, 2.05) is 25.2 Å². The fourth-order valence-corrected chi connectivity index (χ4v) is 10.3. The number of aryl methyl sites for hydroxylation is 1. The molecule has 2 aliphatic rings. The summed E-state index contributed by atoms with van der Waals surface area (Å²) in [5.41, 5.74) is 7.99. The quantitative estimate of drug-likeness (QED) is 0.116. The minimum absolute atomic E-state index is 0.223. The van der Waals surface area contributed by atoms with Crippen LogP contribution in [0, 0.1) is 22.7 Å². The van der Waals surface area contributed by atoms with Crippen LogP contribution in [0.15, 0.2) is 97.3 Å². The summed E-state index contributed by atoms with van der Waals surface area (Å²) in [5.74, 6) is -1.02. The molecule has 0 aliphatic carbocycles. The van der Waals surface area contributed by atoms with Crippen molar-refractivity contribution in [3.8, 4) is 12.1 Å². The van der Waals surface area contributed by atoms with Gasteiger partial charge in [0.05, 0.1) is 28.6 Å². The lowest BCUT2D eigenvalue weighted by Crippen LogP contribution is -2.25. The molecule has 2 aliphatic heterocycles. The van der Waals surface area contributed by atoms with Crippen molar-refractivity contribution in [2.75, 3.05) is 37.8 Å². The number of hydrogen-bond acceptors (Lipinski definition) is 13. The van der Waals surface area contributed by atoms with Crippen LogP contribution in [0.5, 0.6) is 0 Å². The maximum atomic E-state index is 12.9. The van der Waals surface area contributed by atoms with E-state index in [0.717, 1.165) is 72.4 Å². The van der Waals surface area contributed by atoms with Crippen LogP contribution in [0.4, 0.5) is 10.3 Å². The first kappa shape index (κ1) is 46.1. The van der Waals surface area contributed by atoms with Gasteiger partial charge in [-0.2, -0.15) is 10.5 Å². The van der Waals surface area contributed by atoms with Crippen molar-refractivity contribution < 1.29 is 19.2 Å². The van der Waals surface area contributed by atoms with Crippen LogP contribution in [0.25, 0.3) is 16.6 Å². The first-order valence-corrected chi connectivity index (χ1v) is 23.6. The van der Waals surface area contributed by atoms with Crippen LogP contribution in [0.2, 0.25) is 0 Å². The number of nitriles is 2. The average Bonchev–Trinajstić information content (AvgIpc) is 4.15. The number of thiazole rings is 2. The van der Waals surface area contributed by atoms with E-state index in [9.17, 15) is 19.2 Å². The molecule has 7 heterocycles. The van der Waals surface area contributed by atoms with Crippen LogP contribution in [0.1, 0.15) is 85.1 Å². The minimum atomic E-state index is -0.338. The summed E-state index contributed by atoms with van der Waals surface area (Å²) < 4.78 is 3.45. The third kappa shape index (κ3) is 10.6. The minimum Gasteiger partial charge on any atom is -0.347 e. The van der Waals surface area contributed by atoms with Crippen LogP contribution >= 0.6 is 22.7 Å². The number of hydrogen-bond donors (Lipinski definition) is 4. The molecule has 4 N–H and O–H groups in total. The van der Waals surface area contributed by atoms with Crippen molar-refractivity contribution in [1.29, 1.82) is 10.5 Å². The molecule has 19 heteroatoms. The van der Waals surface area contributed by atoms with Gasteiger partial charge in [-0.25, -0.2) is 15.0 Å². The number of fused-ring (bicyclic) bond motifs is 4. The van der Waals surface area contributed by atoms with Gasteiger partial charge in [0, 0.05) is 103 Å². The van der Waals surface area contributed by atoms with Crippen molar-refractivity contribution in [2.45, 2.75) is 39.0 Å². The van der Waals surface area contributed by atoms with Crippen LogP contribution in [-0.4, -0.2) is 84.5 Å². The Hall–Kier alpha value is -8.07.